The van der Waals surface area contributed by atoms with Crippen LogP contribution in [0.1, 0.15) is 24.4 Å². The number of amides is 1. The third-order valence-electron chi connectivity index (χ3n) is 4.91. The maximum atomic E-state index is 13.2. The lowest BCUT2D eigenvalue weighted by Gasteiger charge is -2.14. The summed E-state index contributed by atoms with van der Waals surface area (Å²) >= 11 is 2.76. The normalized spacial score (nSPS) is 13.9. The largest absolute Gasteiger partial charge is 0.416 e. The molecule has 13 heteroatoms. The van der Waals surface area contributed by atoms with Crippen molar-refractivity contribution in [1.29, 1.82) is 0 Å². The van der Waals surface area contributed by atoms with Crippen molar-refractivity contribution < 1.29 is 18.0 Å². The Hall–Kier alpha value is -3.19. The van der Waals surface area contributed by atoms with Crippen molar-refractivity contribution in [3.8, 4) is 16.4 Å². The molecule has 0 aliphatic heterocycles. The molecule has 0 bridgehead atoms. The highest BCUT2D eigenvalue weighted by atomic mass is 32.2. The average Bonchev–Trinajstić information content (AvgIpc) is 3.19. The van der Waals surface area contributed by atoms with E-state index in [1.54, 1.807) is 11.3 Å². The summed E-state index contributed by atoms with van der Waals surface area (Å²) in [5, 5.41) is 17.6. The lowest BCUT2D eigenvalue weighted by atomic mass is 10.1. The van der Waals surface area contributed by atoms with Crippen molar-refractivity contribution in [2.45, 2.75) is 30.2 Å². The molecule has 0 saturated heterocycles. The summed E-state index contributed by atoms with van der Waals surface area (Å²) in [6.45, 7) is 0. The van der Waals surface area contributed by atoms with Gasteiger partial charge in [0.15, 0.2) is 11.0 Å². The third-order valence-corrected chi connectivity index (χ3v) is 6.72. The Morgan fingerprint density at radius 2 is 2.09 bits per heavy atom. The van der Waals surface area contributed by atoms with Gasteiger partial charge in [0, 0.05) is 6.04 Å². The minimum Gasteiger partial charge on any atom is -0.323 e. The van der Waals surface area contributed by atoms with E-state index in [1.807, 2.05) is 22.1 Å². The van der Waals surface area contributed by atoms with E-state index in [0.717, 1.165) is 35.7 Å². The van der Waals surface area contributed by atoms with Gasteiger partial charge in [-0.05, 0) is 42.5 Å². The van der Waals surface area contributed by atoms with E-state index in [4.69, 9.17) is 0 Å². The van der Waals surface area contributed by atoms with Gasteiger partial charge in [-0.2, -0.15) is 18.3 Å². The number of carbonyl (C=O) groups excluding carboxylic acids is 1. The standard InChI is InChI=1S/C20H16F3N7OS2/c21-20(22,23)12-3-6-15(29-11-24-10-25-29)14(8-12)26-17(31)9-33-19-28-27-18(16-2-1-7-32-16)30(19)13-4-5-13/h1-3,6-8,10-11,13H,4-5,9H2,(H,26,31). The first-order valence-corrected chi connectivity index (χ1v) is 11.7. The number of nitrogens with zero attached hydrogens (tertiary/aromatic N) is 6. The molecule has 1 amide bonds. The lowest BCUT2D eigenvalue weighted by Crippen LogP contribution is -2.17. The van der Waals surface area contributed by atoms with Gasteiger partial charge < -0.3 is 5.32 Å². The first-order chi connectivity index (χ1) is 15.9. The molecule has 1 N–H and O–H groups in total. The van der Waals surface area contributed by atoms with E-state index in [0.29, 0.717) is 11.2 Å². The number of hydrogen-bond acceptors (Lipinski definition) is 7. The van der Waals surface area contributed by atoms with Gasteiger partial charge in [0.25, 0.3) is 0 Å². The molecule has 0 unspecified atom stereocenters. The fourth-order valence-electron chi connectivity index (χ4n) is 3.27. The number of anilines is 1. The van der Waals surface area contributed by atoms with Gasteiger partial charge in [-0.25, -0.2) is 9.67 Å². The Morgan fingerprint density at radius 1 is 1.24 bits per heavy atom. The topological polar surface area (TPSA) is 90.5 Å². The first-order valence-electron chi connectivity index (χ1n) is 9.88. The van der Waals surface area contributed by atoms with Crippen LogP contribution in [0.3, 0.4) is 0 Å². The number of halogens is 3. The Bertz CT molecular complexity index is 1270. The van der Waals surface area contributed by atoms with Crippen LogP contribution in [0, 0.1) is 0 Å². The van der Waals surface area contributed by atoms with Gasteiger partial charge in [0.2, 0.25) is 5.91 Å². The molecule has 4 aromatic rings. The van der Waals surface area contributed by atoms with Crippen molar-refractivity contribution in [2.24, 2.45) is 0 Å². The number of carbonyl (C=O) groups is 1. The van der Waals surface area contributed by atoms with Gasteiger partial charge >= 0.3 is 6.18 Å². The van der Waals surface area contributed by atoms with Gasteiger partial charge in [0.1, 0.15) is 12.7 Å². The summed E-state index contributed by atoms with van der Waals surface area (Å²) < 4.78 is 43.0. The molecule has 8 nitrogen and oxygen atoms in total. The molecule has 170 valence electrons. The molecule has 1 saturated carbocycles. The number of thioether (sulfide) groups is 1. The molecule has 0 atom stereocenters. The van der Waals surface area contributed by atoms with Crippen LogP contribution in [-0.4, -0.2) is 41.2 Å². The van der Waals surface area contributed by atoms with Gasteiger partial charge in [-0.1, -0.05) is 17.8 Å². The number of benzene rings is 1. The SMILES string of the molecule is O=C(CSc1nnc(-c2cccs2)n1C1CC1)Nc1cc(C(F)(F)F)ccc1-n1cncn1. The summed E-state index contributed by atoms with van der Waals surface area (Å²) in [5.74, 6) is 0.257. The zero-order chi connectivity index (χ0) is 23.0. The number of hydrogen-bond donors (Lipinski definition) is 1. The van der Waals surface area contributed by atoms with Crippen LogP contribution < -0.4 is 5.32 Å². The smallest absolute Gasteiger partial charge is 0.323 e. The average molecular weight is 492 g/mol. The predicted molar refractivity (Wildman–Crippen MR) is 117 cm³/mol. The second-order valence-corrected chi connectivity index (χ2v) is 9.18. The highest BCUT2D eigenvalue weighted by Gasteiger charge is 2.32. The highest BCUT2D eigenvalue weighted by molar-refractivity contribution is 7.99. The summed E-state index contributed by atoms with van der Waals surface area (Å²) in [4.78, 5) is 17.5. The van der Waals surface area contributed by atoms with Crippen molar-refractivity contribution in [3.05, 3.63) is 53.9 Å². The van der Waals surface area contributed by atoms with Crippen molar-refractivity contribution in [2.75, 3.05) is 11.1 Å². The van der Waals surface area contributed by atoms with E-state index < -0.39 is 17.6 Å². The maximum Gasteiger partial charge on any atom is 0.416 e. The van der Waals surface area contributed by atoms with E-state index >= 15 is 0 Å². The minimum absolute atomic E-state index is 0.0103. The molecule has 1 fully saturated rings. The third kappa shape index (κ3) is 4.64. The van der Waals surface area contributed by atoms with Crippen molar-refractivity contribution in [1.82, 2.24) is 29.5 Å². The maximum absolute atomic E-state index is 13.2. The molecule has 1 aliphatic carbocycles. The second-order valence-electron chi connectivity index (χ2n) is 7.29. The van der Waals surface area contributed by atoms with Crippen LogP contribution in [-0.2, 0) is 11.0 Å². The number of aromatic nitrogens is 6. The van der Waals surface area contributed by atoms with Crippen molar-refractivity contribution >= 4 is 34.7 Å². The molecular weight excluding hydrogens is 475 g/mol. The molecule has 3 heterocycles. The highest BCUT2D eigenvalue weighted by Crippen LogP contribution is 2.42. The van der Waals surface area contributed by atoms with E-state index in [9.17, 15) is 18.0 Å². The van der Waals surface area contributed by atoms with Crippen LogP contribution >= 0.6 is 23.1 Å². The van der Waals surface area contributed by atoms with Gasteiger partial charge in [0.05, 0.1) is 27.6 Å². The Morgan fingerprint density at radius 3 is 2.76 bits per heavy atom. The van der Waals surface area contributed by atoms with Gasteiger partial charge in [-0.15, -0.1) is 21.5 Å². The molecule has 0 radical (unpaired) electrons. The molecule has 5 rings (SSSR count). The summed E-state index contributed by atoms with van der Waals surface area (Å²) in [6.07, 6.45) is 0.0869. The first kappa shape index (κ1) is 21.6. The Labute approximate surface area is 193 Å². The van der Waals surface area contributed by atoms with E-state index in [-0.39, 0.29) is 17.1 Å². The van der Waals surface area contributed by atoms with Gasteiger partial charge in [-0.3, -0.25) is 9.36 Å². The van der Waals surface area contributed by atoms with Crippen LogP contribution in [0.2, 0.25) is 0 Å². The summed E-state index contributed by atoms with van der Waals surface area (Å²) in [7, 11) is 0. The molecule has 1 aliphatic rings. The van der Waals surface area contributed by atoms with Crippen LogP contribution in [0.15, 0.2) is 53.5 Å². The quantitative estimate of drug-likeness (QED) is 0.378. The van der Waals surface area contributed by atoms with Crippen molar-refractivity contribution in [3.63, 3.8) is 0 Å². The van der Waals surface area contributed by atoms with Crippen LogP contribution in [0.4, 0.5) is 18.9 Å². The fraction of sp³-hybridized carbons (Fsp3) is 0.250. The number of nitrogens with one attached hydrogen (secondary N) is 1. The Kier molecular flexibility index (Phi) is 5.66. The Balaban J connectivity index is 1.35. The fourth-order valence-corrected chi connectivity index (χ4v) is 4.78. The molecule has 0 spiro atoms. The number of thiophene rings is 1. The zero-order valence-electron chi connectivity index (χ0n) is 16.9. The number of rotatable bonds is 7. The van der Waals surface area contributed by atoms with Crippen LogP contribution in [0.5, 0.6) is 0 Å². The summed E-state index contributed by atoms with van der Waals surface area (Å²) in [6, 6.07) is 7.27. The predicted octanol–water partition coefficient (Wildman–Crippen LogP) is 4.67. The van der Waals surface area contributed by atoms with Crippen LogP contribution in [0.25, 0.3) is 16.4 Å². The molecule has 3 aromatic heterocycles. The molecular formula is C20H16F3N7OS2. The second kappa shape index (κ2) is 8.63. The zero-order valence-corrected chi connectivity index (χ0v) is 18.5. The minimum atomic E-state index is -4.55. The monoisotopic (exact) mass is 491 g/mol. The molecule has 33 heavy (non-hydrogen) atoms. The number of alkyl halides is 3. The summed E-state index contributed by atoms with van der Waals surface area (Å²) in [5.41, 5.74) is -0.604. The molecule has 1 aromatic carbocycles. The van der Waals surface area contributed by atoms with E-state index in [1.165, 1.54) is 35.2 Å². The van der Waals surface area contributed by atoms with E-state index in [2.05, 4.69) is 25.6 Å². The lowest BCUT2D eigenvalue weighted by molar-refractivity contribution is -0.137.